The maximum atomic E-state index is 11.7. The summed E-state index contributed by atoms with van der Waals surface area (Å²) >= 11 is 0. The van der Waals surface area contributed by atoms with Gasteiger partial charge in [-0.2, -0.15) is 0 Å². The normalized spacial score (nSPS) is 14.0. The highest BCUT2D eigenvalue weighted by Crippen LogP contribution is 2.31. The first kappa shape index (κ1) is 17.3. The van der Waals surface area contributed by atoms with Crippen molar-refractivity contribution in [1.82, 2.24) is 5.32 Å². The Hall–Kier alpha value is -2.01. The maximum Gasteiger partial charge on any atom is 0.330 e. The molecule has 0 aromatic heterocycles. The minimum absolute atomic E-state index is 0.0855. The van der Waals surface area contributed by atoms with Crippen LogP contribution in [0.1, 0.15) is 32.8 Å². The molecule has 0 bridgehead atoms. The van der Waals surface area contributed by atoms with Crippen molar-refractivity contribution in [2.75, 3.05) is 26.4 Å². The second-order valence-electron chi connectivity index (χ2n) is 6.43. The Morgan fingerprint density at radius 2 is 2.00 bits per heavy atom. The van der Waals surface area contributed by atoms with E-state index in [4.69, 9.17) is 14.2 Å². The van der Waals surface area contributed by atoms with E-state index in [1.807, 2.05) is 18.2 Å². The van der Waals surface area contributed by atoms with Crippen molar-refractivity contribution < 1.29 is 19.0 Å². The Morgan fingerprint density at radius 3 is 2.74 bits per heavy atom. The van der Waals surface area contributed by atoms with Gasteiger partial charge >= 0.3 is 5.97 Å². The third kappa shape index (κ3) is 6.32. The van der Waals surface area contributed by atoms with Crippen molar-refractivity contribution in [1.29, 1.82) is 0 Å². The monoisotopic (exact) mass is 319 g/mol. The lowest BCUT2D eigenvalue weighted by Gasteiger charge is -2.20. The molecule has 0 saturated heterocycles. The van der Waals surface area contributed by atoms with Gasteiger partial charge in [0, 0.05) is 11.6 Å². The lowest BCUT2D eigenvalue weighted by molar-refractivity contribution is -0.137. The van der Waals surface area contributed by atoms with Crippen molar-refractivity contribution in [3.05, 3.63) is 29.8 Å². The van der Waals surface area contributed by atoms with Crippen LogP contribution in [0.4, 0.5) is 0 Å². The summed E-state index contributed by atoms with van der Waals surface area (Å²) in [5.41, 5.74) is 0.961. The van der Waals surface area contributed by atoms with Crippen molar-refractivity contribution >= 4 is 12.0 Å². The molecular formula is C18H25NO4. The minimum Gasteiger partial charge on any atom is -0.486 e. The Labute approximate surface area is 137 Å². The predicted octanol–water partition coefficient (Wildman–Crippen LogP) is 2.79. The standard InChI is InChI=1S/C18H25NO4/c1-18(2,3)19-9-4-10-23-17(20)8-6-14-5-7-15-16(13-14)22-12-11-21-15/h5-8,13,19H,4,9-12H2,1-3H3/b8-6+. The lowest BCUT2D eigenvalue weighted by atomic mass is 10.1. The predicted molar refractivity (Wildman–Crippen MR) is 89.8 cm³/mol. The van der Waals surface area contributed by atoms with Crippen molar-refractivity contribution in [3.63, 3.8) is 0 Å². The summed E-state index contributed by atoms with van der Waals surface area (Å²) in [7, 11) is 0. The second kappa shape index (κ2) is 8.02. The molecule has 1 heterocycles. The van der Waals surface area contributed by atoms with Crippen LogP contribution in [0, 0.1) is 0 Å². The fraction of sp³-hybridized carbons (Fsp3) is 0.500. The molecule has 1 aliphatic heterocycles. The number of hydrogen-bond acceptors (Lipinski definition) is 5. The summed E-state index contributed by atoms with van der Waals surface area (Å²) in [6, 6.07) is 5.58. The van der Waals surface area contributed by atoms with Crippen molar-refractivity contribution in [2.24, 2.45) is 0 Å². The molecule has 0 radical (unpaired) electrons. The van der Waals surface area contributed by atoms with E-state index in [9.17, 15) is 4.79 Å². The molecule has 1 N–H and O–H groups in total. The van der Waals surface area contributed by atoms with Crippen LogP contribution in [0.3, 0.4) is 0 Å². The zero-order chi connectivity index (χ0) is 16.7. The van der Waals surface area contributed by atoms with Crippen LogP contribution < -0.4 is 14.8 Å². The van der Waals surface area contributed by atoms with Gasteiger partial charge < -0.3 is 19.5 Å². The largest absolute Gasteiger partial charge is 0.486 e. The molecule has 0 saturated carbocycles. The van der Waals surface area contributed by atoms with Crippen molar-refractivity contribution in [2.45, 2.75) is 32.7 Å². The molecule has 0 spiro atoms. The van der Waals surface area contributed by atoms with Gasteiger partial charge in [-0.05, 0) is 57.5 Å². The molecule has 1 aromatic carbocycles. The topological polar surface area (TPSA) is 56.8 Å². The van der Waals surface area contributed by atoms with Crippen LogP contribution in [0.5, 0.6) is 11.5 Å². The van der Waals surface area contributed by atoms with Gasteiger partial charge in [0.25, 0.3) is 0 Å². The van der Waals surface area contributed by atoms with E-state index < -0.39 is 0 Å². The van der Waals surface area contributed by atoms with Gasteiger partial charge in [0.1, 0.15) is 13.2 Å². The number of fused-ring (bicyclic) bond motifs is 1. The fourth-order valence-electron chi connectivity index (χ4n) is 2.08. The molecule has 0 aliphatic carbocycles. The fourth-order valence-corrected chi connectivity index (χ4v) is 2.08. The van der Waals surface area contributed by atoms with Gasteiger partial charge in [-0.15, -0.1) is 0 Å². The van der Waals surface area contributed by atoms with E-state index in [1.54, 1.807) is 6.08 Å². The summed E-state index contributed by atoms with van der Waals surface area (Å²) in [5.74, 6) is 1.11. The number of benzene rings is 1. The number of nitrogens with one attached hydrogen (secondary N) is 1. The molecule has 23 heavy (non-hydrogen) atoms. The first-order valence-electron chi connectivity index (χ1n) is 7.93. The third-order valence-corrected chi connectivity index (χ3v) is 3.20. The summed E-state index contributed by atoms with van der Waals surface area (Å²) < 4.78 is 16.1. The molecule has 0 fully saturated rings. The molecule has 1 aliphatic rings. The molecule has 1 aromatic rings. The molecule has 5 nitrogen and oxygen atoms in total. The quantitative estimate of drug-likeness (QED) is 0.496. The van der Waals surface area contributed by atoms with Crippen LogP contribution in [-0.2, 0) is 9.53 Å². The van der Waals surface area contributed by atoms with E-state index >= 15 is 0 Å². The molecular weight excluding hydrogens is 294 g/mol. The van der Waals surface area contributed by atoms with E-state index in [1.165, 1.54) is 6.08 Å². The molecule has 0 amide bonds. The SMILES string of the molecule is CC(C)(C)NCCCOC(=O)/C=C/c1ccc2c(c1)OCCO2. The number of carbonyl (C=O) groups is 1. The summed E-state index contributed by atoms with van der Waals surface area (Å²) in [6.45, 7) is 8.67. The molecule has 0 atom stereocenters. The highest BCUT2D eigenvalue weighted by Gasteiger charge is 2.11. The number of ether oxygens (including phenoxy) is 3. The van der Waals surface area contributed by atoms with Crippen LogP contribution in [-0.4, -0.2) is 37.9 Å². The Bertz CT molecular complexity index is 561. The van der Waals surface area contributed by atoms with Gasteiger partial charge in [0.15, 0.2) is 11.5 Å². The number of carbonyl (C=O) groups excluding carboxylic acids is 1. The van der Waals surface area contributed by atoms with Crippen LogP contribution in [0.15, 0.2) is 24.3 Å². The lowest BCUT2D eigenvalue weighted by Crippen LogP contribution is -2.36. The molecule has 126 valence electrons. The zero-order valence-electron chi connectivity index (χ0n) is 14.1. The van der Waals surface area contributed by atoms with Gasteiger partial charge in [0.05, 0.1) is 6.61 Å². The van der Waals surface area contributed by atoms with Crippen LogP contribution in [0.25, 0.3) is 6.08 Å². The smallest absolute Gasteiger partial charge is 0.330 e. The van der Waals surface area contributed by atoms with Crippen molar-refractivity contribution in [3.8, 4) is 11.5 Å². The van der Waals surface area contributed by atoms with E-state index in [2.05, 4.69) is 26.1 Å². The second-order valence-corrected chi connectivity index (χ2v) is 6.43. The van der Waals surface area contributed by atoms with E-state index in [-0.39, 0.29) is 11.5 Å². The average molecular weight is 319 g/mol. The number of hydrogen-bond donors (Lipinski definition) is 1. The van der Waals surface area contributed by atoms with Crippen LogP contribution in [0.2, 0.25) is 0 Å². The number of rotatable bonds is 6. The molecule has 2 rings (SSSR count). The zero-order valence-corrected chi connectivity index (χ0v) is 14.1. The first-order chi connectivity index (χ1) is 10.9. The minimum atomic E-state index is -0.337. The maximum absolute atomic E-state index is 11.7. The Morgan fingerprint density at radius 1 is 1.26 bits per heavy atom. The Balaban J connectivity index is 1.73. The molecule has 5 heteroatoms. The third-order valence-electron chi connectivity index (χ3n) is 3.20. The van der Waals surface area contributed by atoms with Gasteiger partial charge in [-0.3, -0.25) is 0 Å². The first-order valence-corrected chi connectivity index (χ1v) is 7.93. The van der Waals surface area contributed by atoms with Gasteiger partial charge in [-0.25, -0.2) is 4.79 Å². The summed E-state index contributed by atoms with van der Waals surface area (Å²) in [4.78, 5) is 11.7. The number of esters is 1. The highest BCUT2D eigenvalue weighted by molar-refractivity contribution is 5.87. The van der Waals surface area contributed by atoms with Gasteiger partial charge in [-0.1, -0.05) is 6.07 Å². The van der Waals surface area contributed by atoms with Gasteiger partial charge in [0.2, 0.25) is 0 Å². The van der Waals surface area contributed by atoms with E-state index in [0.29, 0.717) is 25.6 Å². The average Bonchev–Trinajstić information content (AvgIpc) is 2.51. The molecule has 0 unspecified atom stereocenters. The van der Waals surface area contributed by atoms with E-state index in [0.717, 1.165) is 24.3 Å². The summed E-state index contributed by atoms with van der Waals surface area (Å²) in [6.07, 6.45) is 3.94. The summed E-state index contributed by atoms with van der Waals surface area (Å²) in [5, 5.41) is 3.35. The van der Waals surface area contributed by atoms with Crippen LogP contribution >= 0.6 is 0 Å². The Kier molecular flexibility index (Phi) is 6.04. The highest BCUT2D eigenvalue weighted by atomic mass is 16.6.